The van der Waals surface area contributed by atoms with Gasteiger partial charge >= 0.3 is 6.03 Å². The fourth-order valence-corrected chi connectivity index (χ4v) is 3.92. The highest BCUT2D eigenvalue weighted by Gasteiger charge is 2.51. The average molecular weight is 368 g/mol. The van der Waals surface area contributed by atoms with Crippen LogP contribution in [-0.2, 0) is 9.59 Å². The molecule has 27 heavy (non-hydrogen) atoms. The van der Waals surface area contributed by atoms with E-state index in [-0.39, 0.29) is 18.0 Å². The molecule has 4 rings (SSSR count). The van der Waals surface area contributed by atoms with Crippen LogP contribution in [0.15, 0.2) is 35.3 Å². The first-order chi connectivity index (χ1) is 13.0. The lowest BCUT2D eigenvalue weighted by molar-refractivity contribution is -0.134. The lowest BCUT2D eigenvalue weighted by Gasteiger charge is -2.30. The molecule has 2 aromatic rings. The molecule has 3 N–H and O–H groups in total. The van der Waals surface area contributed by atoms with Gasteiger partial charge in [-0.05, 0) is 36.4 Å². The number of benzene rings is 1. The minimum Gasteiger partial charge on any atom is -0.329 e. The molecule has 2 aliphatic rings. The quantitative estimate of drug-likeness (QED) is 0.716. The van der Waals surface area contributed by atoms with Crippen LogP contribution >= 0.6 is 0 Å². The highest BCUT2D eigenvalue weighted by atomic mass is 16.2. The molecule has 1 spiro atoms. The fourth-order valence-electron chi connectivity index (χ4n) is 3.92. The highest BCUT2D eigenvalue weighted by Crippen LogP contribution is 2.33. The zero-order valence-corrected chi connectivity index (χ0v) is 14.7. The maximum Gasteiger partial charge on any atom is 0.325 e. The number of H-pyrrole nitrogens is 1. The number of imide groups is 1. The standard InChI is InChI=1S/C19H20N4O4/c24-15(21-13-5-4-12-6-9-20-16(25)14(12)10-13)11-23-17(26)19(22-18(23)27)7-2-1-3-8-19/h4-6,9-10H,1-3,7-8,11H2,(H,20,25)(H,21,24)(H,22,27). The number of nitrogens with zero attached hydrogens (tertiary/aromatic N) is 1. The van der Waals surface area contributed by atoms with Crippen LogP contribution in [0.3, 0.4) is 0 Å². The molecule has 8 nitrogen and oxygen atoms in total. The second-order valence-corrected chi connectivity index (χ2v) is 7.12. The number of hydrogen-bond acceptors (Lipinski definition) is 4. The summed E-state index contributed by atoms with van der Waals surface area (Å²) in [4.78, 5) is 52.8. The Morgan fingerprint density at radius 1 is 1.11 bits per heavy atom. The van der Waals surface area contributed by atoms with Crippen molar-refractivity contribution < 1.29 is 14.4 Å². The molecule has 0 unspecified atom stereocenters. The maximum atomic E-state index is 12.7. The number of nitrogens with one attached hydrogen (secondary N) is 3. The number of fused-ring (bicyclic) bond motifs is 1. The molecule has 0 atom stereocenters. The summed E-state index contributed by atoms with van der Waals surface area (Å²) in [5.41, 5.74) is -0.660. The predicted molar refractivity (Wildman–Crippen MR) is 99.3 cm³/mol. The van der Waals surface area contributed by atoms with E-state index in [1.807, 2.05) is 0 Å². The summed E-state index contributed by atoms with van der Waals surface area (Å²) in [5, 5.41) is 6.64. The van der Waals surface area contributed by atoms with Crippen molar-refractivity contribution in [3.63, 3.8) is 0 Å². The van der Waals surface area contributed by atoms with Crippen LogP contribution in [0.25, 0.3) is 10.8 Å². The number of rotatable bonds is 3. The number of pyridine rings is 1. The number of carbonyl (C=O) groups is 3. The van der Waals surface area contributed by atoms with Crippen molar-refractivity contribution in [3.8, 4) is 0 Å². The van der Waals surface area contributed by atoms with Gasteiger partial charge in [-0.1, -0.05) is 25.3 Å². The summed E-state index contributed by atoms with van der Waals surface area (Å²) in [7, 11) is 0. The first-order valence-electron chi connectivity index (χ1n) is 9.04. The molecule has 1 saturated heterocycles. The van der Waals surface area contributed by atoms with Crippen LogP contribution in [0.2, 0.25) is 0 Å². The third-order valence-electron chi connectivity index (χ3n) is 5.31. The SMILES string of the molecule is O=C(CN1C(=O)NC2(CCCCC2)C1=O)Nc1ccc2cc[nH]c(=O)c2c1. The first kappa shape index (κ1) is 17.3. The predicted octanol–water partition coefficient (Wildman–Crippen LogP) is 1.72. The molecule has 1 aliphatic carbocycles. The smallest absolute Gasteiger partial charge is 0.325 e. The van der Waals surface area contributed by atoms with Gasteiger partial charge in [-0.3, -0.25) is 19.3 Å². The fraction of sp³-hybridized carbons (Fsp3) is 0.368. The number of aromatic nitrogens is 1. The molecule has 140 valence electrons. The van der Waals surface area contributed by atoms with E-state index in [2.05, 4.69) is 15.6 Å². The van der Waals surface area contributed by atoms with Gasteiger partial charge in [0.15, 0.2) is 0 Å². The van der Waals surface area contributed by atoms with E-state index in [0.717, 1.165) is 29.5 Å². The lowest BCUT2D eigenvalue weighted by Crippen LogP contribution is -2.48. The Morgan fingerprint density at radius 3 is 2.67 bits per heavy atom. The Labute approximate surface area is 154 Å². The summed E-state index contributed by atoms with van der Waals surface area (Å²) in [6, 6.07) is 6.21. The molecule has 2 fully saturated rings. The molecule has 1 aliphatic heterocycles. The number of amides is 4. The van der Waals surface area contributed by atoms with Crippen molar-refractivity contribution >= 4 is 34.3 Å². The summed E-state index contributed by atoms with van der Waals surface area (Å²) in [5.74, 6) is -0.810. The summed E-state index contributed by atoms with van der Waals surface area (Å²) in [6.07, 6.45) is 5.61. The normalized spacial score (nSPS) is 18.7. The number of anilines is 1. The Hall–Kier alpha value is -3.16. The third kappa shape index (κ3) is 3.07. The van der Waals surface area contributed by atoms with E-state index in [4.69, 9.17) is 0 Å². The van der Waals surface area contributed by atoms with Gasteiger partial charge in [0.25, 0.3) is 11.5 Å². The van der Waals surface area contributed by atoms with Crippen molar-refractivity contribution in [2.24, 2.45) is 0 Å². The molecule has 1 aromatic carbocycles. The van der Waals surface area contributed by atoms with E-state index in [9.17, 15) is 19.2 Å². The number of urea groups is 1. The van der Waals surface area contributed by atoms with Gasteiger partial charge in [-0.25, -0.2) is 4.79 Å². The molecule has 2 heterocycles. The van der Waals surface area contributed by atoms with E-state index >= 15 is 0 Å². The van der Waals surface area contributed by atoms with E-state index in [1.54, 1.807) is 30.5 Å². The third-order valence-corrected chi connectivity index (χ3v) is 5.31. The van der Waals surface area contributed by atoms with Crippen LogP contribution in [-0.4, -0.2) is 39.8 Å². The van der Waals surface area contributed by atoms with Crippen LogP contribution in [0, 0.1) is 0 Å². The highest BCUT2D eigenvalue weighted by molar-refractivity contribution is 6.10. The van der Waals surface area contributed by atoms with Crippen molar-refractivity contribution in [1.82, 2.24) is 15.2 Å². The van der Waals surface area contributed by atoms with Crippen LogP contribution in [0.5, 0.6) is 0 Å². The number of aromatic amines is 1. The Morgan fingerprint density at radius 2 is 1.89 bits per heavy atom. The summed E-state index contributed by atoms with van der Waals surface area (Å²) in [6.45, 7) is -0.352. The molecular formula is C19H20N4O4. The molecule has 0 radical (unpaired) electrons. The average Bonchev–Trinajstić information content (AvgIpc) is 2.87. The van der Waals surface area contributed by atoms with Crippen molar-refractivity contribution in [2.75, 3.05) is 11.9 Å². The minimum absolute atomic E-state index is 0.253. The van der Waals surface area contributed by atoms with Gasteiger partial charge < -0.3 is 15.6 Å². The molecule has 4 amide bonds. The van der Waals surface area contributed by atoms with Crippen molar-refractivity contribution in [1.29, 1.82) is 0 Å². The van der Waals surface area contributed by atoms with E-state index in [0.29, 0.717) is 23.9 Å². The Balaban J connectivity index is 1.48. The minimum atomic E-state index is -0.841. The lowest BCUT2D eigenvalue weighted by atomic mass is 9.82. The van der Waals surface area contributed by atoms with E-state index < -0.39 is 17.5 Å². The first-order valence-corrected chi connectivity index (χ1v) is 9.04. The van der Waals surface area contributed by atoms with Gasteiger partial charge in [0.2, 0.25) is 5.91 Å². The van der Waals surface area contributed by atoms with Crippen molar-refractivity contribution in [3.05, 3.63) is 40.8 Å². The van der Waals surface area contributed by atoms with Gasteiger partial charge in [0, 0.05) is 17.3 Å². The number of hydrogen-bond donors (Lipinski definition) is 3. The van der Waals surface area contributed by atoms with Crippen LogP contribution in [0.1, 0.15) is 32.1 Å². The van der Waals surface area contributed by atoms with Gasteiger partial charge in [0.05, 0.1) is 0 Å². The van der Waals surface area contributed by atoms with E-state index in [1.165, 1.54) is 0 Å². The monoisotopic (exact) mass is 368 g/mol. The van der Waals surface area contributed by atoms with Crippen LogP contribution in [0.4, 0.5) is 10.5 Å². The van der Waals surface area contributed by atoms with Gasteiger partial charge in [-0.15, -0.1) is 0 Å². The molecular weight excluding hydrogens is 348 g/mol. The molecule has 1 aromatic heterocycles. The molecule has 0 bridgehead atoms. The summed E-state index contributed by atoms with van der Waals surface area (Å²) >= 11 is 0. The number of carbonyl (C=O) groups excluding carboxylic acids is 3. The Kier molecular flexibility index (Phi) is 4.18. The summed E-state index contributed by atoms with van der Waals surface area (Å²) < 4.78 is 0. The van der Waals surface area contributed by atoms with Crippen LogP contribution < -0.4 is 16.2 Å². The second-order valence-electron chi connectivity index (χ2n) is 7.12. The Bertz CT molecular complexity index is 991. The van der Waals surface area contributed by atoms with Crippen molar-refractivity contribution in [2.45, 2.75) is 37.6 Å². The topological polar surface area (TPSA) is 111 Å². The largest absolute Gasteiger partial charge is 0.329 e. The van der Waals surface area contributed by atoms with Gasteiger partial charge in [-0.2, -0.15) is 0 Å². The second kappa shape index (κ2) is 6.53. The van der Waals surface area contributed by atoms with Gasteiger partial charge in [0.1, 0.15) is 12.1 Å². The molecule has 8 heteroatoms. The molecule has 1 saturated carbocycles. The zero-order chi connectivity index (χ0) is 19.0. The maximum absolute atomic E-state index is 12.7. The zero-order valence-electron chi connectivity index (χ0n) is 14.7.